The maximum Gasteiger partial charge on any atom is 0.308 e. The van der Waals surface area contributed by atoms with Gasteiger partial charge in [-0.1, -0.05) is 54.6 Å². The monoisotopic (exact) mass is 379 g/mol. The van der Waals surface area contributed by atoms with Gasteiger partial charge in [-0.25, -0.2) is 0 Å². The molecule has 0 saturated carbocycles. The topological polar surface area (TPSA) is 105 Å². The van der Waals surface area contributed by atoms with Crippen LogP contribution in [0.1, 0.15) is 48.5 Å². The highest BCUT2D eigenvalue weighted by Gasteiger charge is 2.36. The average Bonchev–Trinajstić information content (AvgIpc) is 3.06. The Balaban J connectivity index is 1.43. The minimum Gasteiger partial charge on any atom is -0.455 e. The number of rotatable bonds is 8. The van der Waals surface area contributed by atoms with Gasteiger partial charge in [0.15, 0.2) is 0 Å². The van der Waals surface area contributed by atoms with Crippen LogP contribution in [0.15, 0.2) is 54.6 Å². The molecule has 28 heavy (non-hydrogen) atoms. The molecule has 0 aliphatic carbocycles. The van der Waals surface area contributed by atoms with Gasteiger partial charge in [-0.2, -0.15) is 0 Å². The fraction of sp³-hybridized carbons (Fsp3) is 0.318. The number of hydrogen-bond acceptors (Lipinski definition) is 4. The number of nitrogens with one attached hydrogen (secondary N) is 2. The highest BCUT2D eigenvalue weighted by atomic mass is 16.6. The quantitative estimate of drug-likeness (QED) is 0.284. The SMILES string of the molecule is N=C(N)c1ccc(CCCCC(=O)N[C@H]2CC(=O)OC2c2ccccc2)cc1. The molecule has 1 aliphatic heterocycles. The van der Waals surface area contributed by atoms with E-state index in [0.29, 0.717) is 12.0 Å². The molecule has 3 rings (SSSR count). The van der Waals surface area contributed by atoms with Crippen LogP contribution in [-0.4, -0.2) is 23.8 Å². The van der Waals surface area contributed by atoms with Crippen LogP contribution in [0.3, 0.4) is 0 Å². The average molecular weight is 379 g/mol. The third kappa shape index (κ3) is 5.19. The Morgan fingerprint density at radius 1 is 1.11 bits per heavy atom. The maximum atomic E-state index is 12.3. The van der Waals surface area contributed by atoms with Crippen LogP contribution in [0, 0.1) is 5.41 Å². The zero-order valence-electron chi connectivity index (χ0n) is 15.7. The molecule has 0 spiro atoms. The van der Waals surface area contributed by atoms with E-state index < -0.39 is 6.10 Å². The third-order valence-electron chi connectivity index (χ3n) is 4.87. The smallest absolute Gasteiger partial charge is 0.308 e. The molecule has 146 valence electrons. The summed E-state index contributed by atoms with van der Waals surface area (Å²) in [5, 5.41) is 10.4. The van der Waals surface area contributed by atoms with Crippen molar-refractivity contribution in [3.63, 3.8) is 0 Å². The molecule has 0 aromatic heterocycles. The van der Waals surface area contributed by atoms with Crippen LogP contribution < -0.4 is 11.1 Å². The van der Waals surface area contributed by atoms with Crippen molar-refractivity contribution >= 4 is 17.7 Å². The number of esters is 1. The van der Waals surface area contributed by atoms with E-state index in [9.17, 15) is 9.59 Å². The van der Waals surface area contributed by atoms with Crippen molar-refractivity contribution in [1.82, 2.24) is 5.32 Å². The number of carbonyl (C=O) groups is 2. The third-order valence-corrected chi connectivity index (χ3v) is 4.87. The molecule has 0 bridgehead atoms. The first-order chi connectivity index (χ1) is 13.5. The number of amides is 1. The summed E-state index contributed by atoms with van der Waals surface area (Å²) < 4.78 is 5.39. The summed E-state index contributed by atoms with van der Waals surface area (Å²) in [6, 6.07) is 16.8. The van der Waals surface area contributed by atoms with E-state index >= 15 is 0 Å². The Hall–Kier alpha value is -3.15. The van der Waals surface area contributed by atoms with E-state index in [1.807, 2.05) is 54.6 Å². The van der Waals surface area contributed by atoms with E-state index in [2.05, 4.69) is 5.32 Å². The molecule has 6 nitrogen and oxygen atoms in total. The maximum absolute atomic E-state index is 12.3. The molecule has 1 unspecified atom stereocenters. The summed E-state index contributed by atoms with van der Waals surface area (Å²) >= 11 is 0. The van der Waals surface area contributed by atoms with E-state index in [4.69, 9.17) is 15.9 Å². The molecule has 1 amide bonds. The fourth-order valence-corrected chi connectivity index (χ4v) is 3.37. The van der Waals surface area contributed by atoms with Gasteiger partial charge in [0, 0.05) is 12.0 Å². The van der Waals surface area contributed by atoms with Gasteiger partial charge in [-0.3, -0.25) is 15.0 Å². The second-order valence-electron chi connectivity index (χ2n) is 7.02. The highest BCUT2D eigenvalue weighted by molar-refractivity contribution is 5.94. The Labute approximate surface area is 164 Å². The molecule has 2 aromatic carbocycles. The van der Waals surface area contributed by atoms with Gasteiger partial charge in [-0.05, 0) is 30.4 Å². The zero-order valence-corrected chi connectivity index (χ0v) is 15.7. The first-order valence-corrected chi connectivity index (χ1v) is 9.50. The largest absolute Gasteiger partial charge is 0.455 e. The number of amidine groups is 1. The molecule has 2 atom stereocenters. The first-order valence-electron chi connectivity index (χ1n) is 9.50. The van der Waals surface area contributed by atoms with Crippen LogP contribution in [0.5, 0.6) is 0 Å². The predicted molar refractivity (Wildman–Crippen MR) is 107 cm³/mol. The molecule has 1 fully saturated rings. The molecular formula is C22H25N3O3. The highest BCUT2D eigenvalue weighted by Crippen LogP contribution is 2.30. The van der Waals surface area contributed by atoms with Crippen molar-refractivity contribution in [1.29, 1.82) is 5.41 Å². The molecule has 1 aliphatic rings. The number of cyclic esters (lactones) is 1. The predicted octanol–water partition coefficient (Wildman–Crippen LogP) is 2.86. The van der Waals surface area contributed by atoms with E-state index in [-0.39, 0.29) is 30.2 Å². The van der Waals surface area contributed by atoms with Gasteiger partial charge in [0.1, 0.15) is 11.9 Å². The van der Waals surface area contributed by atoms with E-state index in [0.717, 1.165) is 30.4 Å². The van der Waals surface area contributed by atoms with Gasteiger partial charge < -0.3 is 15.8 Å². The molecule has 1 saturated heterocycles. The lowest BCUT2D eigenvalue weighted by Gasteiger charge is -2.19. The Bertz CT molecular complexity index is 834. The van der Waals surface area contributed by atoms with Crippen molar-refractivity contribution in [2.24, 2.45) is 5.73 Å². The summed E-state index contributed by atoms with van der Waals surface area (Å²) in [6.07, 6.45) is 2.71. The van der Waals surface area contributed by atoms with Gasteiger partial charge in [0.25, 0.3) is 0 Å². The lowest BCUT2D eigenvalue weighted by atomic mass is 10.0. The van der Waals surface area contributed by atoms with Gasteiger partial charge >= 0.3 is 5.97 Å². The number of nitrogen functional groups attached to an aromatic ring is 1. The van der Waals surface area contributed by atoms with Crippen LogP contribution in [0.25, 0.3) is 0 Å². The van der Waals surface area contributed by atoms with Crippen molar-refractivity contribution < 1.29 is 14.3 Å². The summed E-state index contributed by atoms with van der Waals surface area (Å²) in [5.41, 5.74) is 8.22. The zero-order chi connectivity index (χ0) is 19.9. The molecule has 2 aromatic rings. The fourth-order valence-electron chi connectivity index (χ4n) is 3.37. The Kier molecular flexibility index (Phi) is 6.42. The van der Waals surface area contributed by atoms with Gasteiger partial charge in [0.2, 0.25) is 5.91 Å². The van der Waals surface area contributed by atoms with Crippen LogP contribution in [0.2, 0.25) is 0 Å². The van der Waals surface area contributed by atoms with Gasteiger partial charge in [-0.15, -0.1) is 0 Å². The number of aryl methyl sites for hydroxylation is 1. The lowest BCUT2D eigenvalue weighted by molar-refractivity contribution is -0.141. The summed E-state index contributed by atoms with van der Waals surface area (Å²) in [4.78, 5) is 24.0. The van der Waals surface area contributed by atoms with Crippen molar-refractivity contribution in [2.75, 3.05) is 0 Å². The molecular weight excluding hydrogens is 354 g/mol. The van der Waals surface area contributed by atoms with Crippen molar-refractivity contribution in [3.8, 4) is 0 Å². The van der Waals surface area contributed by atoms with Gasteiger partial charge in [0.05, 0.1) is 12.5 Å². The second kappa shape index (κ2) is 9.17. The number of benzene rings is 2. The van der Waals surface area contributed by atoms with Crippen LogP contribution >= 0.6 is 0 Å². The Morgan fingerprint density at radius 2 is 1.82 bits per heavy atom. The molecule has 1 heterocycles. The number of unbranched alkanes of at least 4 members (excludes halogenated alkanes) is 1. The number of hydrogen-bond donors (Lipinski definition) is 3. The van der Waals surface area contributed by atoms with E-state index in [1.165, 1.54) is 0 Å². The molecule has 4 N–H and O–H groups in total. The van der Waals surface area contributed by atoms with Crippen LogP contribution in [0.4, 0.5) is 0 Å². The minimum absolute atomic E-state index is 0.0591. The van der Waals surface area contributed by atoms with Crippen LogP contribution in [-0.2, 0) is 20.7 Å². The number of nitrogens with two attached hydrogens (primary N) is 1. The molecule has 6 heteroatoms. The Morgan fingerprint density at radius 3 is 2.50 bits per heavy atom. The first kappa shape index (κ1) is 19.6. The lowest BCUT2D eigenvalue weighted by Crippen LogP contribution is -2.36. The summed E-state index contributed by atoms with van der Waals surface area (Å²) in [5.74, 6) is -0.282. The minimum atomic E-state index is -0.419. The number of carbonyl (C=O) groups excluding carboxylic acids is 2. The second-order valence-corrected chi connectivity index (χ2v) is 7.02. The number of ether oxygens (including phenoxy) is 1. The van der Waals surface area contributed by atoms with E-state index in [1.54, 1.807) is 0 Å². The summed E-state index contributed by atoms with van der Waals surface area (Å²) in [7, 11) is 0. The van der Waals surface area contributed by atoms with Crippen molar-refractivity contribution in [2.45, 2.75) is 44.2 Å². The standard InChI is InChI=1S/C22H25N3O3/c23-22(24)17-12-10-15(11-13-17)6-4-5-9-19(26)25-18-14-20(27)28-21(18)16-7-2-1-3-8-16/h1-3,7-8,10-13,18,21H,4-6,9,14H2,(H3,23,24)(H,25,26)/t18-,21?/m0/s1. The summed E-state index contributed by atoms with van der Waals surface area (Å²) in [6.45, 7) is 0. The molecule has 0 radical (unpaired) electrons. The van der Waals surface area contributed by atoms with Crippen molar-refractivity contribution in [3.05, 3.63) is 71.3 Å². The normalized spacial score (nSPS) is 18.5.